The Kier molecular flexibility index (Phi) is 3.23. The fraction of sp³-hybridized carbons (Fsp3) is 0.500. The Morgan fingerprint density at radius 2 is 1.85 bits per heavy atom. The molecule has 0 amide bonds. The van der Waals surface area contributed by atoms with Crippen LogP contribution in [0.15, 0.2) is 24.3 Å². The molecular formula is C12H15N3O4S. The van der Waals surface area contributed by atoms with Gasteiger partial charge in [-0.25, -0.2) is 13.1 Å². The maximum atomic E-state index is 12.0. The number of nitrogens with one attached hydrogen (secondary N) is 2. The first-order chi connectivity index (χ1) is 9.46. The van der Waals surface area contributed by atoms with E-state index in [0.717, 1.165) is 13.1 Å². The summed E-state index contributed by atoms with van der Waals surface area (Å²) in [6, 6.07) is 5.65. The zero-order valence-electron chi connectivity index (χ0n) is 10.7. The highest BCUT2D eigenvalue weighted by atomic mass is 32.2. The van der Waals surface area contributed by atoms with E-state index in [9.17, 15) is 18.5 Å². The Balaban J connectivity index is 1.62. The molecule has 1 aromatic carbocycles. The van der Waals surface area contributed by atoms with Gasteiger partial charge in [-0.3, -0.25) is 10.1 Å². The van der Waals surface area contributed by atoms with E-state index in [1.807, 2.05) is 0 Å². The molecule has 1 aliphatic heterocycles. The summed E-state index contributed by atoms with van der Waals surface area (Å²) in [6.45, 7) is 1.74. The van der Waals surface area contributed by atoms with Crippen LogP contribution in [-0.4, -0.2) is 32.5 Å². The van der Waals surface area contributed by atoms with Gasteiger partial charge >= 0.3 is 0 Å². The van der Waals surface area contributed by atoms with Crippen molar-refractivity contribution in [3.8, 4) is 0 Å². The van der Waals surface area contributed by atoms with Crippen molar-refractivity contribution in [2.24, 2.45) is 11.8 Å². The summed E-state index contributed by atoms with van der Waals surface area (Å²) < 4.78 is 26.8. The predicted octanol–water partition coefficient (Wildman–Crippen LogP) is 0.232. The number of sulfonamides is 1. The monoisotopic (exact) mass is 297 g/mol. The second kappa shape index (κ2) is 4.80. The lowest BCUT2D eigenvalue weighted by Crippen LogP contribution is -2.33. The molecule has 3 rings (SSSR count). The summed E-state index contributed by atoms with van der Waals surface area (Å²) in [7, 11) is -3.39. The highest BCUT2D eigenvalue weighted by molar-refractivity contribution is 7.88. The van der Waals surface area contributed by atoms with E-state index in [4.69, 9.17) is 0 Å². The Labute approximate surface area is 116 Å². The second-order valence-electron chi connectivity index (χ2n) is 5.31. The highest BCUT2D eigenvalue weighted by Gasteiger charge is 2.54. The number of nitro groups is 1. The number of nitrogens with zero attached hydrogens (tertiary/aromatic N) is 1. The molecule has 1 saturated carbocycles. The third-order valence-corrected chi connectivity index (χ3v) is 5.26. The van der Waals surface area contributed by atoms with Gasteiger partial charge in [0.05, 0.1) is 10.7 Å². The summed E-state index contributed by atoms with van der Waals surface area (Å²) in [5, 5.41) is 13.7. The number of benzene rings is 1. The molecule has 1 aliphatic carbocycles. The fourth-order valence-electron chi connectivity index (χ4n) is 2.78. The summed E-state index contributed by atoms with van der Waals surface area (Å²) >= 11 is 0. The number of hydrogen-bond donors (Lipinski definition) is 2. The van der Waals surface area contributed by atoms with Crippen LogP contribution in [0, 0.1) is 22.0 Å². The van der Waals surface area contributed by atoms with Gasteiger partial charge in [0.2, 0.25) is 10.0 Å². The van der Waals surface area contributed by atoms with Crippen LogP contribution in [0.4, 0.5) is 5.69 Å². The lowest BCUT2D eigenvalue weighted by atomic mass is 10.2. The number of fused-ring (bicyclic) bond motifs is 1. The molecule has 1 heterocycles. The molecule has 7 nitrogen and oxygen atoms in total. The first kappa shape index (κ1) is 13.5. The van der Waals surface area contributed by atoms with Gasteiger partial charge in [0.15, 0.2) is 0 Å². The molecule has 1 saturated heterocycles. The van der Waals surface area contributed by atoms with E-state index in [-0.39, 0.29) is 17.5 Å². The lowest BCUT2D eigenvalue weighted by molar-refractivity contribution is -0.384. The van der Waals surface area contributed by atoms with Crippen molar-refractivity contribution < 1.29 is 13.3 Å². The maximum absolute atomic E-state index is 12.0. The van der Waals surface area contributed by atoms with E-state index in [1.165, 1.54) is 24.3 Å². The lowest BCUT2D eigenvalue weighted by Gasteiger charge is -2.08. The third-order valence-electron chi connectivity index (χ3n) is 3.91. The van der Waals surface area contributed by atoms with Gasteiger partial charge < -0.3 is 5.32 Å². The molecule has 2 aliphatic rings. The van der Waals surface area contributed by atoms with E-state index in [1.54, 1.807) is 0 Å². The minimum Gasteiger partial charge on any atom is -0.316 e. The van der Waals surface area contributed by atoms with Crippen molar-refractivity contribution in [2.45, 2.75) is 11.8 Å². The number of piperidine rings is 1. The van der Waals surface area contributed by atoms with Crippen molar-refractivity contribution in [1.82, 2.24) is 10.0 Å². The van der Waals surface area contributed by atoms with Crippen LogP contribution >= 0.6 is 0 Å². The van der Waals surface area contributed by atoms with Gasteiger partial charge in [-0.05, 0) is 30.5 Å². The number of non-ortho nitro benzene ring substituents is 1. The van der Waals surface area contributed by atoms with Crippen molar-refractivity contribution in [1.29, 1.82) is 0 Å². The Morgan fingerprint density at radius 3 is 2.40 bits per heavy atom. The Hall–Kier alpha value is -1.51. The quantitative estimate of drug-likeness (QED) is 0.598. The van der Waals surface area contributed by atoms with Crippen molar-refractivity contribution >= 4 is 15.7 Å². The molecular weight excluding hydrogens is 282 g/mol. The van der Waals surface area contributed by atoms with E-state index < -0.39 is 14.9 Å². The van der Waals surface area contributed by atoms with E-state index in [0.29, 0.717) is 17.4 Å². The number of nitro benzene ring substituents is 1. The Bertz CT molecular complexity index is 619. The van der Waals surface area contributed by atoms with Gasteiger partial charge in [0.1, 0.15) is 0 Å². The highest BCUT2D eigenvalue weighted by Crippen LogP contribution is 2.42. The van der Waals surface area contributed by atoms with Crippen LogP contribution in [0.3, 0.4) is 0 Å². The largest absolute Gasteiger partial charge is 0.316 e. The minimum atomic E-state index is -3.39. The Morgan fingerprint density at radius 1 is 1.25 bits per heavy atom. The predicted molar refractivity (Wildman–Crippen MR) is 72.5 cm³/mol. The molecule has 2 fully saturated rings. The fourth-order valence-corrected chi connectivity index (χ4v) is 4.25. The summed E-state index contributed by atoms with van der Waals surface area (Å²) in [5.41, 5.74) is 0.508. The molecule has 20 heavy (non-hydrogen) atoms. The van der Waals surface area contributed by atoms with Crippen LogP contribution in [0.5, 0.6) is 0 Å². The van der Waals surface area contributed by atoms with Crippen molar-refractivity contribution in [3.63, 3.8) is 0 Å². The molecule has 0 aromatic heterocycles. The second-order valence-corrected chi connectivity index (χ2v) is 7.07. The standard InChI is InChI=1S/C12H15N3O4S/c16-15(17)9-3-1-8(2-4-9)7-20(18,19)14-12-10-5-13-6-11(10)12/h1-4,10-14H,5-7H2. The smallest absolute Gasteiger partial charge is 0.269 e. The molecule has 108 valence electrons. The first-order valence-corrected chi connectivity index (χ1v) is 8.05. The molecule has 0 bridgehead atoms. The molecule has 2 N–H and O–H groups in total. The van der Waals surface area contributed by atoms with Crippen LogP contribution in [0.25, 0.3) is 0 Å². The molecule has 2 atom stereocenters. The van der Waals surface area contributed by atoms with Crippen LogP contribution in [0.1, 0.15) is 5.56 Å². The van der Waals surface area contributed by atoms with E-state index in [2.05, 4.69) is 10.0 Å². The molecule has 0 radical (unpaired) electrons. The molecule has 2 unspecified atom stereocenters. The first-order valence-electron chi connectivity index (χ1n) is 6.40. The zero-order chi connectivity index (χ0) is 14.3. The van der Waals surface area contributed by atoms with Gasteiger partial charge in [0, 0.05) is 18.2 Å². The van der Waals surface area contributed by atoms with Crippen LogP contribution < -0.4 is 10.0 Å². The molecule has 0 spiro atoms. The van der Waals surface area contributed by atoms with Crippen molar-refractivity contribution in [3.05, 3.63) is 39.9 Å². The normalized spacial score (nSPS) is 28.1. The molecule has 1 aromatic rings. The number of rotatable bonds is 5. The topological polar surface area (TPSA) is 101 Å². The summed E-state index contributed by atoms with van der Waals surface area (Å²) in [4.78, 5) is 10.0. The number of hydrogen-bond acceptors (Lipinski definition) is 5. The van der Waals surface area contributed by atoms with Crippen LogP contribution in [-0.2, 0) is 15.8 Å². The van der Waals surface area contributed by atoms with E-state index >= 15 is 0 Å². The summed E-state index contributed by atoms with van der Waals surface area (Å²) in [6.07, 6.45) is 0. The SMILES string of the molecule is O=[N+]([O-])c1ccc(CS(=O)(=O)NC2C3CNCC32)cc1. The molecule has 8 heteroatoms. The van der Waals surface area contributed by atoms with Crippen molar-refractivity contribution in [2.75, 3.05) is 13.1 Å². The summed E-state index contributed by atoms with van der Waals surface area (Å²) in [5.74, 6) is 0.692. The van der Waals surface area contributed by atoms with Gasteiger partial charge in [-0.1, -0.05) is 12.1 Å². The van der Waals surface area contributed by atoms with Gasteiger partial charge in [-0.15, -0.1) is 0 Å². The third kappa shape index (κ3) is 2.67. The zero-order valence-corrected chi connectivity index (χ0v) is 11.5. The minimum absolute atomic E-state index is 0.0399. The maximum Gasteiger partial charge on any atom is 0.269 e. The average Bonchev–Trinajstić information content (AvgIpc) is 2.83. The average molecular weight is 297 g/mol. The van der Waals surface area contributed by atoms with Crippen LogP contribution in [0.2, 0.25) is 0 Å². The van der Waals surface area contributed by atoms with Gasteiger partial charge in [-0.2, -0.15) is 0 Å². The van der Waals surface area contributed by atoms with Gasteiger partial charge in [0.25, 0.3) is 5.69 Å².